The Balaban J connectivity index is 2.01. The normalized spacial score (nSPS) is 17.9. The molecule has 2 rings (SSSR count). The van der Waals surface area contributed by atoms with Gasteiger partial charge in [-0.2, -0.15) is 13.2 Å². The molecule has 1 aliphatic heterocycles. The molecule has 0 amide bonds. The van der Waals surface area contributed by atoms with Crippen LogP contribution < -0.4 is 0 Å². The van der Waals surface area contributed by atoms with Crippen molar-refractivity contribution >= 4 is 0 Å². The van der Waals surface area contributed by atoms with Crippen LogP contribution in [-0.4, -0.2) is 18.0 Å². The molecule has 0 unspecified atom stereocenters. The predicted octanol–water partition coefficient (Wildman–Crippen LogP) is 3.30. The molecule has 1 heterocycles. The van der Waals surface area contributed by atoms with Crippen LogP contribution >= 0.6 is 0 Å². The van der Waals surface area contributed by atoms with E-state index in [1.165, 1.54) is 12.8 Å². The van der Waals surface area contributed by atoms with Crippen LogP contribution in [0.15, 0.2) is 24.3 Å². The molecule has 4 heteroatoms. The van der Waals surface area contributed by atoms with Gasteiger partial charge in [-0.05, 0) is 43.6 Å². The third-order valence-corrected chi connectivity index (χ3v) is 2.89. The highest BCUT2D eigenvalue weighted by atomic mass is 19.4. The minimum Gasteiger partial charge on any atom is -0.299 e. The van der Waals surface area contributed by atoms with Gasteiger partial charge in [0.15, 0.2) is 0 Å². The molecule has 0 N–H and O–H groups in total. The van der Waals surface area contributed by atoms with E-state index < -0.39 is 11.7 Å². The molecular weight excluding hydrogens is 215 g/mol. The van der Waals surface area contributed by atoms with Crippen LogP contribution in [0.25, 0.3) is 0 Å². The first-order chi connectivity index (χ1) is 7.55. The second-order valence-electron chi connectivity index (χ2n) is 4.18. The van der Waals surface area contributed by atoms with Gasteiger partial charge in [0.1, 0.15) is 0 Å². The Morgan fingerprint density at radius 2 is 1.56 bits per heavy atom. The maximum atomic E-state index is 12.3. The van der Waals surface area contributed by atoms with Gasteiger partial charge < -0.3 is 0 Å². The van der Waals surface area contributed by atoms with E-state index in [9.17, 15) is 13.2 Å². The molecule has 0 radical (unpaired) electrons. The topological polar surface area (TPSA) is 3.24 Å². The number of nitrogens with zero attached hydrogens (tertiary/aromatic N) is 1. The van der Waals surface area contributed by atoms with Gasteiger partial charge in [-0.1, -0.05) is 12.1 Å². The molecule has 16 heavy (non-hydrogen) atoms. The van der Waals surface area contributed by atoms with Crippen LogP contribution in [0.4, 0.5) is 13.2 Å². The Labute approximate surface area is 92.9 Å². The largest absolute Gasteiger partial charge is 0.416 e. The van der Waals surface area contributed by atoms with E-state index in [2.05, 4.69) is 4.90 Å². The quantitative estimate of drug-likeness (QED) is 0.752. The number of alkyl halides is 3. The zero-order valence-electron chi connectivity index (χ0n) is 8.93. The molecule has 0 atom stereocenters. The zero-order chi connectivity index (χ0) is 11.6. The van der Waals surface area contributed by atoms with Crippen LogP contribution in [0.3, 0.4) is 0 Å². The number of benzene rings is 1. The molecule has 0 bridgehead atoms. The molecule has 1 aliphatic rings. The number of hydrogen-bond donors (Lipinski definition) is 0. The summed E-state index contributed by atoms with van der Waals surface area (Å²) in [6.07, 6.45) is -1.84. The maximum Gasteiger partial charge on any atom is 0.416 e. The van der Waals surface area contributed by atoms with Crippen LogP contribution in [0.5, 0.6) is 0 Å². The monoisotopic (exact) mass is 229 g/mol. The summed E-state index contributed by atoms with van der Waals surface area (Å²) in [4.78, 5) is 2.27. The molecule has 88 valence electrons. The first-order valence-electron chi connectivity index (χ1n) is 5.44. The predicted molar refractivity (Wildman–Crippen MR) is 56.0 cm³/mol. The fourth-order valence-electron chi connectivity index (χ4n) is 2.00. The molecule has 1 fully saturated rings. The summed E-state index contributed by atoms with van der Waals surface area (Å²) >= 11 is 0. The van der Waals surface area contributed by atoms with Crippen LogP contribution in [-0.2, 0) is 12.7 Å². The van der Waals surface area contributed by atoms with E-state index in [4.69, 9.17) is 0 Å². The smallest absolute Gasteiger partial charge is 0.299 e. The highest BCUT2D eigenvalue weighted by molar-refractivity contribution is 5.24. The Morgan fingerprint density at radius 3 is 2.06 bits per heavy atom. The van der Waals surface area contributed by atoms with Crippen molar-refractivity contribution in [1.29, 1.82) is 0 Å². The van der Waals surface area contributed by atoms with Gasteiger partial charge in [-0.3, -0.25) is 4.90 Å². The molecule has 1 aromatic rings. The van der Waals surface area contributed by atoms with Crippen LogP contribution in [0.2, 0.25) is 0 Å². The molecular formula is C12H14F3N. The average molecular weight is 229 g/mol. The standard InChI is InChI=1S/C12H14F3N/c13-12(14,15)11-5-3-10(4-6-11)9-16-7-1-2-8-16/h3-6H,1-2,7-9H2. The zero-order valence-corrected chi connectivity index (χ0v) is 8.93. The van der Waals surface area contributed by atoms with Crippen molar-refractivity contribution in [3.05, 3.63) is 35.4 Å². The van der Waals surface area contributed by atoms with Gasteiger partial charge in [0.2, 0.25) is 0 Å². The number of hydrogen-bond acceptors (Lipinski definition) is 1. The van der Waals surface area contributed by atoms with Crippen LogP contribution in [0, 0.1) is 0 Å². The summed E-state index contributed by atoms with van der Waals surface area (Å²) in [7, 11) is 0. The molecule has 1 nitrogen and oxygen atoms in total. The van der Waals surface area contributed by atoms with Crippen molar-refractivity contribution in [1.82, 2.24) is 4.90 Å². The van der Waals surface area contributed by atoms with Crippen molar-refractivity contribution in [2.45, 2.75) is 25.6 Å². The van der Waals surface area contributed by atoms with Crippen molar-refractivity contribution in [3.63, 3.8) is 0 Å². The van der Waals surface area contributed by atoms with Crippen molar-refractivity contribution < 1.29 is 13.2 Å². The SMILES string of the molecule is FC(F)(F)c1ccc(CN2CCCC2)cc1. The summed E-state index contributed by atoms with van der Waals surface area (Å²) < 4.78 is 36.9. The molecule has 1 aromatic carbocycles. The third kappa shape index (κ3) is 2.76. The highest BCUT2D eigenvalue weighted by Crippen LogP contribution is 2.29. The number of halogens is 3. The first kappa shape index (κ1) is 11.5. The second-order valence-corrected chi connectivity index (χ2v) is 4.18. The van der Waals surface area contributed by atoms with Crippen molar-refractivity contribution in [3.8, 4) is 0 Å². The first-order valence-corrected chi connectivity index (χ1v) is 5.44. The lowest BCUT2D eigenvalue weighted by Crippen LogP contribution is -2.18. The Hall–Kier alpha value is -1.03. The lowest BCUT2D eigenvalue weighted by atomic mass is 10.1. The maximum absolute atomic E-state index is 12.3. The lowest BCUT2D eigenvalue weighted by molar-refractivity contribution is -0.137. The lowest BCUT2D eigenvalue weighted by Gasteiger charge is -2.15. The molecule has 0 saturated carbocycles. The van der Waals surface area contributed by atoms with E-state index in [1.807, 2.05) is 0 Å². The summed E-state index contributed by atoms with van der Waals surface area (Å²) in [6.45, 7) is 2.88. The van der Waals surface area contributed by atoms with E-state index in [1.54, 1.807) is 12.1 Å². The summed E-state index contributed by atoms with van der Waals surface area (Å²) in [5.74, 6) is 0. The van der Waals surface area contributed by atoms with Crippen molar-refractivity contribution in [2.24, 2.45) is 0 Å². The number of likely N-dealkylation sites (tertiary alicyclic amines) is 1. The average Bonchev–Trinajstić information content (AvgIpc) is 2.70. The van der Waals surface area contributed by atoms with Gasteiger partial charge in [-0.15, -0.1) is 0 Å². The summed E-state index contributed by atoms with van der Waals surface area (Å²) in [5, 5.41) is 0. The Kier molecular flexibility index (Phi) is 3.19. The highest BCUT2D eigenvalue weighted by Gasteiger charge is 2.29. The van der Waals surface area contributed by atoms with E-state index in [-0.39, 0.29) is 0 Å². The van der Waals surface area contributed by atoms with Crippen LogP contribution in [0.1, 0.15) is 24.0 Å². The van der Waals surface area contributed by atoms with E-state index in [0.717, 1.165) is 37.3 Å². The fraction of sp³-hybridized carbons (Fsp3) is 0.500. The minimum absolute atomic E-state index is 0.572. The Bertz CT molecular complexity index is 336. The van der Waals surface area contributed by atoms with Crippen molar-refractivity contribution in [2.75, 3.05) is 13.1 Å². The number of rotatable bonds is 2. The fourth-order valence-corrected chi connectivity index (χ4v) is 2.00. The molecule has 0 aliphatic carbocycles. The molecule has 0 spiro atoms. The minimum atomic E-state index is -4.23. The van der Waals surface area contributed by atoms with E-state index in [0.29, 0.717) is 0 Å². The van der Waals surface area contributed by atoms with Gasteiger partial charge in [0.05, 0.1) is 5.56 Å². The van der Waals surface area contributed by atoms with Gasteiger partial charge >= 0.3 is 6.18 Å². The molecule has 0 aromatic heterocycles. The van der Waals surface area contributed by atoms with E-state index >= 15 is 0 Å². The molecule has 1 saturated heterocycles. The van der Waals surface area contributed by atoms with Gasteiger partial charge in [0, 0.05) is 6.54 Å². The summed E-state index contributed by atoms with van der Waals surface area (Å²) in [5.41, 5.74) is 0.382. The summed E-state index contributed by atoms with van der Waals surface area (Å²) in [6, 6.07) is 5.46. The van der Waals surface area contributed by atoms with Gasteiger partial charge in [0.25, 0.3) is 0 Å². The second kappa shape index (κ2) is 4.45. The Morgan fingerprint density at radius 1 is 1.00 bits per heavy atom. The third-order valence-electron chi connectivity index (χ3n) is 2.89. The van der Waals surface area contributed by atoms with Gasteiger partial charge in [-0.25, -0.2) is 0 Å².